The van der Waals surface area contributed by atoms with E-state index in [1.807, 2.05) is 21.0 Å². The van der Waals surface area contributed by atoms with Gasteiger partial charge in [0.2, 0.25) is 0 Å². The molecular weight excluding hydrogens is 234 g/mol. The lowest BCUT2D eigenvalue weighted by Crippen LogP contribution is -2.36. The average Bonchev–Trinajstić information content (AvgIpc) is 2.45. The third-order valence-corrected chi connectivity index (χ3v) is 4.30. The number of nitrogens with one attached hydrogen (secondary N) is 1. The smallest absolute Gasteiger partial charge is 0.130 e. The van der Waals surface area contributed by atoms with Crippen molar-refractivity contribution < 1.29 is 0 Å². The van der Waals surface area contributed by atoms with Gasteiger partial charge in [-0.05, 0) is 31.7 Å². The molecule has 1 heterocycles. The highest BCUT2D eigenvalue weighted by Gasteiger charge is 2.30. The van der Waals surface area contributed by atoms with Crippen LogP contribution in [0.4, 0.5) is 0 Å². The van der Waals surface area contributed by atoms with E-state index in [0.717, 1.165) is 23.8 Å². The fraction of sp³-hybridized carbons (Fsp3) is 0.769. The number of halogens is 1. The van der Waals surface area contributed by atoms with Gasteiger partial charge < -0.3 is 5.32 Å². The molecule has 17 heavy (non-hydrogen) atoms. The summed E-state index contributed by atoms with van der Waals surface area (Å²) in [6, 6.07) is 0. The number of hydrogen-bond donors (Lipinski definition) is 1. The Hall–Kier alpha value is -0.540. The van der Waals surface area contributed by atoms with Gasteiger partial charge in [0, 0.05) is 19.2 Å². The molecule has 0 radical (unpaired) electrons. The summed E-state index contributed by atoms with van der Waals surface area (Å²) in [7, 11) is 3.89. The van der Waals surface area contributed by atoms with Crippen LogP contribution in [0.2, 0.25) is 5.15 Å². The number of aromatic nitrogens is 2. The molecule has 0 spiro atoms. The second kappa shape index (κ2) is 5.40. The minimum atomic E-state index is 0.201. The summed E-state index contributed by atoms with van der Waals surface area (Å²) >= 11 is 6.31. The molecule has 1 atom stereocenters. The predicted octanol–water partition coefficient (Wildman–Crippen LogP) is 2.81. The molecule has 0 aliphatic heterocycles. The van der Waals surface area contributed by atoms with E-state index < -0.39 is 0 Å². The van der Waals surface area contributed by atoms with Crippen molar-refractivity contribution in [1.29, 1.82) is 0 Å². The first kappa shape index (κ1) is 14.5. The van der Waals surface area contributed by atoms with E-state index in [-0.39, 0.29) is 5.41 Å². The van der Waals surface area contributed by atoms with E-state index in [1.165, 1.54) is 5.56 Å². The zero-order valence-corrected chi connectivity index (χ0v) is 12.5. The fourth-order valence-corrected chi connectivity index (χ4v) is 2.39. The Kier molecular flexibility index (Phi) is 4.62. The minimum absolute atomic E-state index is 0.201. The van der Waals surface area contributed by atoms with Crippen LogP contribution in [0, 0.1) is 18.3 Å². The summed E-state index contributed by atoms with van der Waals surface area (Å²) in [5.74, 6) is 0.589. The summed E-state index contributed by atoms with van der Waals surface area (Å²) in [4.78, 5) is 0. The quantitative estimate of drug-likeness (QED) is 0.879. The van der Waals surface area contributed by atoms with Crippen molar-refractivity contribution in [2.24, 2.45) is 18.4 Å². The van der Waals surface area contributed by atoms with Gasteiger partial charge in [-0.3, -0.25) is 4.68 Å². The van der Waals surface area contributed by atoms with Crippen LogP contribution in [0.25, 0.3) is 0 Å². The van der Waals surface area contributed by atoms with Crippen molar-refractivity contribution in [3.8, 4) is 0 Å². The first-order valence-corrected chi connectivity index (χ1v) is 6.52. The molecule has 0 aliphatic rings. The molecule has 1 unspecified atom stereocenters. The SMILES string of the molecule is CNCC(C)(Cc1c(C)nn(C)c1Cl)C(C)C. The van der Waals surface area contributed by atoms with Crippen molar-refractivity contribution in [1.82, 2.24) is 15.1 Å². The Morgan fingerprint density at radius 1 is 1.47 bits per heavy atom. The van der Waals surface area contributed by atoms with Gasteiger partial charge in [0.15, 0.2) is 0 Å². The largest absolute Gasteiger partial charge is 0.319 e. The Morgan fingerprint density at radius 3 is 2.41 bits per heavy atom. The molecule has 98 valence electrons. The third-order valence-electron chi connectivity index (χ3n) is 3.82. The number of rotatable bonds is 5. The molecule has 3 nitrogen and oxygen atoms in total. The minimum Gasteiger partial charge on any atom is -0.319 e. The standard InChI is InChI=1S/C13H24ClN3/c1-9(2)13(4,8-15-5)7-11-10(3)16-17(6)12(11)14/h9,15H,7-8H2,1-6H3. The van der Waals surface area contributed by atoms with Crippen LogP contribution >= 0.6 is 11.6 Å². The summed E-state index contributed by atoms with van der Waals surface area (Å²) in [5.41, 5.74) is 2.42. The van der Waals surface area contributed by atoms with Gasteiger partial charge in [-0.2, -0.15) is 5.10 Å². The van der Waals surface area contributed by atoms with Gasteiger partial charge in [-0.1, -0.05) is 32.4 Å². The lowest BCUT2D eigenvalue weighted by Gasteiger charge is -2.33. The molecule has 1 aromatic heterocycles. The molecule has 0 amide bonds. The van der Waals surface area contributed by atoms with Crippen LogP contribution in [0.5, 0.6) is 0 Å². The van der Waals surface area contributed by atoms with Crippen LogP contribution < -0.4 is 5.32 Å². The maximum Gasteiger partial charge on any atom is 0.130 e. The van der Waals surface area contributed by atoms with Crippen molar-refractivity contribution in [3.63, 3.8) is 0 Å². The second-order valence-electron chi connectivity index (χ2n) is 5.49. The van der Waals surface area contributed by atoms with Crippen LogP contribution in [-0.4, -0.2) is 23.4 Å². The Balaban J connectivity index is 3.01. The predicted molar refractivity (Wildman–Crippen MR) is 73.5 cm³/mol. The molecule has 1 aromatic rings. The molecule has 0 aromatic carbocycles. The van der Waals surface area contributed by atoms with Gasteiger partial charge in [-0.25, -0.2) is 0 Å². The normalized spacial score (nSPS) is 15.3. The molecule has 0 fully saturated rings. The molecule has 0 aliphatic carbocycles. The topological polar surface area (TPSA) is 29.9 Å². The number of hydrogen-bond acceptors (Lipinski definition) is 2. The highest BCUT2D eigenvalue weighted by atomic mass is 35.5. The molecule has 4 heteroatoms. The highest BCUT2D eigenvalue weighted by Crippen LogP contribution is 2.34. The Labute approximate surface area is 110 Å². The van der Waals surface area contributed by atoms with E-state index in [4.69, 9.17) is 11.6 Å². The zero-order chi connectivity index (χ0) is 13.2. The van der Waals surface area contributed by atoms with Crippen molar-refractivity contribution in [2.75, 3.05) is 13.6 Å². The molecular formula is C13H24ClN3. The maximum absolute atomic E-state index is 6.31. The summed E-state index contributed by atoms with van der Waals surface area (Å²) in [6.45, 7) is 9.83. The van der Waals surface area contributed by atoms with E-state index in [9.17, 15) is 0 Å². The lowest BCUT2D eigenvalue weighted by atomic mass is 9.74. The van der Waals surface area contributed by atoms with E-state index in [1.54, 1.807) is 4.68 Å². The monoisotopic (exact) mass is 257 g/mol. The summed E-state index contributed by atoms with van der Waals surface area (Å²) in [5, 5.41) is 8.43. The zero-order valence-electron chi connectivity index (χ0n) is 11.8. The molecule has 0 saturated carbocycles. The van der Waals surface area contributed by atoms with Crippen molar-refractivity contribution >= 4 is 11.6 Å². The average molecular weight is 258 g/mol. The first-order valence-electron chi connectivity index (χ1n) is 6.14. The van der Waals surface area contributed by atoms with E-state index >= 15 is 0 Å². The van der Waals surface area contributed by atoms with Crippen LogP contribution in [0.1, 0.15) is 32.0 Å². The Bertz CT molecular complexity index is 384. The summed E-state index contributed by atoms with van der Waals surface area (Å²) < 4.78 is 1.76. The highest BCUT2D eigenvalue weighted by molar-refractivity contribution is 6.30. The number of nitrogens with zero attached hydrogens (tertiary/aromatic N) is 2. The summed E-state index contributed by atoms with van der Waals surface area (Å²) in [6.07, 6.45) is 0.962. The number of aryl methyl sites for hydroxylation is 2. The third kappa shape index (κ3) is 3.02. The van der Waals surface area contributed by atoms with Crippen LogP contribution in [0.3, 0.4) is 0 Å². The molecule has 1 rings (SSSR count). The van der Waals surface area contributed by atoms with Gasteiger partial charge >= 0.3 is 0 Å². The van der Waals surface area contributed by atoms with Gasteiger partial charge in [0.05, 0.1) is 5.69 Å². The van der Waals surface area contributed by atoms with E-state index in [0.29, 0.717) is 5.92 Å². The second-order valence-corrected chi connectivity index (χ2v) is 5.85. The molecule has 0 saturated heterocycles. The van der Waals surface area contributed by atoms with Gasteiger partial charge in [-0.15, -0.1) is 0 Å². The fourth-order valence-electron chi connectivity index (χ4n) is 2.15. The molecule has 0 bridgehead atoms. The van der Waals surface area contributed by atoms with E-state index in [2.05, 4.69) is 31.2 Å². The molecule has 1 N–H and O–H groups in total. The van der Waals surface area contributed by atoms with Gasteiger partial charge in [0.25, 0.3) is 0 Å². The maximum atomic E-state index is 6.31. The van der Waals surface area contributed by atoms with Crippen molar-refractivity contribution in [3.05, 3.63) is 16.4 Å². The van der Waals surface area contributed by atoms with Crippen LogP contribution in [0.15, 0.2) is 0 Å². The van der Waals surface area contributed by atoms with Crippen LogP contribution in [-0.2, 0) is 13.5 Å². The first-order chi connectivity index (χ1) is 7.81. The van der Waals surface area contributed by atoms with Crippen molar-refractivity contribution in [2.45, 2.75) is 34.1 Å². The lowest BCUT2D eigenvalue weighted by molar-refractivity contribution is 0.212. The Morgan fingerprint density at radius 2 is 2.06 bits per heavy atom. The van der Waals surface area contributed by atoms with Gasteiger partial charge in [0.1, 0.15) is 5.15 Å².